The molecule has 0 aliphatic carbocycles. The molecule has 2 rings (SSSR count). The van der Waals surface area contributed by atoms with Gasteiger partial charge in [-0.05, 0) is 32.3 Å². The standard InChI is InChI=1S/C12H17FN2O/c1-9-4-2-3-5-15(9)12-10(8-16)6-11(13)7-14-12/h6-7,9,16H,2-5,8H2,1H3. The highest BCUT2D eigenvalue weighted by Gasteiger charge is 2.21. The third kappa shape index (κ3) is 2.16. The van der Waals surface area contributed by atoms with Crippen molar-refractivity contribution < 1.29 is 9.50 Å². The summed E-state index contributed by atoms with van der Waals surface area (Å²) in [6.45, 7) is 2.92. The minimum Gasteiger partial charge on any atom is -0.392 e. The van der Waals surface area contributed by atoms with E-state index in [0.29, 0.717) is 11.6 Å². The highest BCUT2D eigenvalue weighted by molar-refractivity contribution is 5.47. The van der Waals surface area contributed by atoms with E-state index in [0.717, 1.165) is 25.2 Å². The van der Waals surface area contributed by atoms with E-state index in [1.165, 1.54) is 18.7 Å². The molecule has 1 aliphatic rings. The summed E-state index contributed by atoms with van der Waals surface area (Å²) in [6.07, 6.45) is 4.71. The summed E-state index contributed by atoms with van der Waals surface area (Å²) in [5.74, 6) is 0.341. The average Bonchev–Trinajstić information content (AvgIpc) is 2.30. The molecule has 0 aromatic carbocycles. The summed E-state index contributed by atoms with van der Waals surface area (Å²) in [5, 5.41) is 9.23. The number of hydrogen-bond acceptors (Lipinski definition) is 3. The second kappa shape index (κ2) is 4.78. The first kappa shape index (κ1) is 11.3. The van der Waals surface area contributed by atoms with Crippen molar-refractivity contribution in [2.75, 3.05) is 11.4 Å². The number of rotatable bonds is 2. The van der Waals surface area contributed by atoms with E-state index in [2.05, 4.69) is 16.8 Å². The minimum absolute atomic E-state index is 0.163. The van der Waals surface area contributed by atoms with Crippen LogP contribution in [0.5, 0.6) is 0 Å². The molecule has 1 unspecified atom stereocenters. The number of halogens is 1. The van der Waals surface area contributed by atoms with Crippen LogP contribution in [0.3, 0.4) is 0 Å². The van der Waals surface area contributed by atoms with Crippen LogP contribution in [-0.2, 0) is 6.61 Å². The van der Waals surface area contributed by atoms with E-state index in [4.69, 9.17) is 0 Å². The zero-order chi connectivity index (χ0) is 11.5. The van der Waals surface area contributed by atoms with Crippen LogP contribution in [0.4, 0.5) is 10.2 Å². The molecule has 1 saturated heterocycles. The van der Waals surface area contributed by atoms with Gasteiger partial charge in [0.1, 0.15) is 11.6 Å². The fraction of sp³-hybridized carbons (Fsp3) is 0.583. The second-order valence-corrected chi connectivity index (χ2v) is 4.33. The zero-order valence-electron chi connectivity index (χ0n) is 9.49. The van der Waals surface area contributed by atoms with E-state index >= 15 is 0 Å². The maximum atomic E-state index is 13.0. The molecule has 16 heavy (non-hydrogen) atoms. The molecule has 3 nitrogen and oxygen atoms in total. The fourth-order valence-electron chi connectivity index (χ4n) is 2.26. The van der Waals surface area contributed by atoms with Crippen LogP contribution in [0.2, 0.25) is 0 Å². The van der Waals surface area contributed by atoms with Crippen molar-refractivity contribution in [3.63, 3.8) is 0 Å². The molecule has 4 heteroatoms. The monoisotopic (exact) mass is 224 g/mol. The number of aliphatic hydroxyl groups excluding tert-OH is 1. The summed E-state index contributed by atoms with van der Waals surface area (Å²) in [5.41, 5.74) is 0.578. The summed E-state index contributed by atoms with van der Waals surface area (Å²) >= 11 is 0. The largest absolute Gasteiger partial charge is 0.392 e. The van der Waals surface area contributed by atoms with E-state index in [1.807, 2.05) is 0 Å². The Bertz CT molecular complexity index is 370. The summed E-state index contributed by atoms with van der Waals surface area (Å²) in [7, 11) is 0. The molecule has 0 saturated carbocycles. The molecule has 1 aliphatic heterocycles. The average molecular weight is 224 g/mol. The third-order valence-electron chi connectivity index (χ3n) is 3.15. The van der Waals surface area contributed by atoms with Gasteiger partial charge in [0, 0.05) is 18.2 Å². The van der Waals surface area contributed by atoms with Gasteiger partial charge in [-0.1, -0.05) is 0 Å². The number of pyridine rings is 1. The number of hydrogen-bond donors (Lipinski definition) is 1. The van der Waals surface area contributed by atoms with Gasteiger partial charge in [0.25, 0.3) is 0 Å². The second-order valence-electron chi connectivity index (χ2n) is 4.33. The van der Waals surface area contributed by atoms with Gasteiger partial charge >= 0.3 is 0 Å². The molecule has 2 heterocycles. The first-order valence-electron chi connectivity index (χ1n) is 5.74. The van der Waals surface area contributed by atoms with E-state index < -0.39 is 5.82 Å². The van der Waals surface area contributed by atoms with Gasteiger partial charge in [-0.2, -0.15) is 0 Å². The van der Waals surface area contributed by atoms with Crippen molar-refractivity contribution in [2.24, 2.45) is 0 Å². The van der Waals surface area contributed by atoms with Crippen molar-refractivity contribution in [3.8, 4) is 0 Å². The molecule has 0 amide bonds. The number of piperidine rings is 1. The highest BCUT2D eigenvalue weighted by Crippen LogP contribution is 2.26. The molecule has 1 atom stereocenters. The number of nitrogens with zero attached hydrogens (tertiary/aromatic N) is 2. The van der Waals surface area contributed by atoms with Gasteiger partial charge in [0.2, 0.25) is 0 Å². The molecule has 1 aromatic rings. The predicted molar refractivity (Wildman–Crippen MR) is 60.8 cm³/mol. The van der Waals surface area contributed by atoms with Crippen LogP contribution in [-0.4, -0.2) is 22.7 Å². The molecule has 0 bridgehead atoms. The molecule has 1 fully saturated rings. The maximum absolute atomic E-state index is 13.0. The van der Waals surface area contributed by atoms with Crippen LogP contribution in [0.25, 0.3) is 0 Å². The number of anilines is 1. The Balaban J connectivity index is 2.30. The summed E-state index contributed by atoms with van der Waals surface area (Å²) in [4.78, 5) is 6.28. The van der Waals surface area contributed by atoms with Gasteiger partial charge in [-0.25, -0.2) is 9.37 Å². The predicted octanol–water partition coefficient (Wildman–Crippen LogP) is 2.09. The quantitative estimate of drug-likeness (QED) is 0.835. The van der Waals surface area contributed by atoms with E-state index in [1.54, 1.807) is 0 Å². The first-order chi connectivity index (χ1) is 7.72. The lowest BCUT2D eigenvalue weighted by Gasteiger charge is -2.35. The topological polar surface area (TPSA) is 36.4 Å². The fourth-order valence-corrected chi connectivity index (χ4v) is 2.26. The van der Waals surface area contributed by atoms with E-state index in [9.17, 15) is 9.50 Å². The molecule has 1 aromatic heterocycles. The Hall–Kier alpha value is -1.16. The van der Waals surface area contributed by atoms with Crippen molar-refractivity contribution in [2.45, 2.75) is 38.8 Å². The smallest absolute Gasteiger partial charge is 0.142 e. The zero-order valence-corrected chi connectivity index (χ0v) is 9.49. The summed E-state index contributed by atoms with van der Waals surface area (Å²) < 4.78 is 13.0. The minimum atomic E-state index is -0.391. The maximum Gasteiger partial charge on any atom is 0.142 e. The van der Waals surface area contributed by atoms with Crippen LogP contribution in [0.15, 0.2) is 12.3 Å². The first-order valence-corrected chi connectivity index (χ1v) is 5.74. The normalized spacial score (nSPS) is 21.2. The van der Waals surface area contributed by atoms with Crippen LogP contribution in [0, 0.1) is 5.82 Å². The molecule has 88 valence electrons. The Morgan fingerprint density at radius 3 is 3.06 bits per heavy atom. The Labute approximate surface area is 94.9 Å². The van der Waals surface area contributed by atoms with Crippen LogP contribution >= 0.6 is 0 Å². The number of aliphatic hydroxyl groups is 1. The molecular formula is C12H17FN2O. The lowest BCUT2D eigenvalue weighted by Crippen LogP contribution is -2.38. The number of aromatic nitrogens is 1. The molecular weight excluding hydrogens is 207 g/mol. The Morgan fingerprint density at radius 2 is 2.38 bits per heavy atom. The van der Waals surface area contributed by atoms with Gasteiger partial charge < -0.3 is 10.0 Å². The Kier molecular flexibility index (Phi) is 3.39. The SMILES string of the molecule is CC1CCCCN1c1ncc(F)cc1CO. The lowest BCUT2D eigenvalue weighted by molar-refractivity contribution is 0.280. The van der Waals surface area contributed by atoms with Crippen LogP contribution < -0.4 is 4.90 Å². The van der Waals surface area contributed by atoms with E-state index in [-0.39, 0.29) is 6.61 Å². The molecule has 1 N–H and O–H groups in total. The molecule has 0 spiro atoms. The van der Waals surface area contributed by atoms with Crippen molar-refractivity contribution in [1.29, 1.82) is 0 Å². The van der Waals surface area contributed by atoms with Gasteiger partial charge in [-0.15, -0.1) is 0 Å². The van der Waals surface area contributed by atoms with Gasteiger partial charge in [-0.3, -0.25) is 0 Å². The van der Waals surface area contributed by atoms with Crippen molar-refractivity contribution in [3.05, 3.63) is 23.6 Å². The Morgan fingerprint density at radius 1 is 1.56 bits per heavy atom. The van der Waals surface area contributed by atoms with Crippen molar-refractivity contribution in [1.82, 2.24) is 4.98 Å². The summed E-state index contributed by atoms with van der Waals surface area (Å²) in [6, 6.07) is 1.78. The van der Waals surface area contributed by atoms with Gasteiger partial charge in [0.05, 0.1) is 12.8 Å². The van der Waals surface area contributed by atoms with Gasteiger partial charge in [0.15, 0.2) is 0 Å². The van der Waals surface area contributed by atoms with Crippen molar-refractivity contribution >= 4 is 5.82 Å². The van der Waals surface area contributed by atoms with Crippen LogP contribution in [0.1, 0.15) is 31.7 Å². The highest BCUT2D eigenvalue weighted by atomic mass is 19.1. The lowest BCUT2D eigenvalue weighted by atomic mass is 10.0. The third-order valence-corrected chi connectivity index (χ3v) is 3.15. The molecule has 0 radical (unpaired) electrons.